The second kappa shape index (κ2) is 7.34. The van der Waals surface area contributed by atoms with Crippen LogP contribution in [0.5, 0.6) is 0 Å². The number of hydrogen-bond acceptors (Lipinski definition) is 3. The highest BCUT2D eigenvalue weighted by atomic mass is 16.3. The topological polar surface area (TPSA) is 57.6 Å². The van der Waals surface area contributed by atoms with E-state index in [1.165, 1.54) is 0 Å². The van der Waals surface area contributed by atoms with Crippen molar-refractivity contribution < 1.29 is 14.7 Å². The van der Waals surface area contributed by atoms with Crippen LogP contribution in [-0.4, -0.2) is 28.2 Å². The average Bonchev–Trinajstić information content (AvgIpc) is 2.91. The van der Waals surface area contributed by atoms with Gasteiger partial charge in [0.05, 0.1) is 11.6 Å². The Kier molecular flexibility index (Phi) is 4.98. The van der Waals surface area contributed by atoms with Gasteiger partial charge in [0.2, 0.25) is 0 Å². The van der Waals surface area contributed by atoms with Crippen LogP contribution in [0.15, 0.2) is 66.2 Å². The summed E-state index contributed by atoms with van der Waals surface area (Å²) in [4.78, 5) is 26.8. The fraction of sp³-hybridized carbons (Fsp3) is 0.238. The molecule has 0 aliphatic carbocycles. The first-order valence-electron chi connectivity index (χ1n) is 8.54. The highest BCUT2D eigenvalue weighted by molar-refractivity contribution is 6.46. The van der Waals surface area contributed by atoms with Gasteiger partial charge >= 0.3 is 0 Å². The van der Waals surface area contributed by atoms with Crippen molar-refractivity contribution in [1.82, 2.24) is 4.90 Å². The third-order valence-electron chi connectivity index (χ3n) is 4.46. The van der Waals surface area contributed by atoms with E-state index in [0.717, 1.165) is 18.4 Å². The van der Waals surface area contributed by atoms with Crippen LogP contribution in [0.4, 0.5) is 0 Å². The number of unbranched alkanes of at least 4 members (excludes halogenated alkanes) is 1. The van der Waals surface area contributed by atoms with Crippen LogP contribution in [0.3, 0.4) is 0 Å². The summed E-state index contributed by atoms with van der Waals surface area (Å²) in [5, 5.41) is 10.8. The number of amides is 1. The summed E-state index contributed by atoms with van der Waals surface area (Å²) in [5.41, 5.74) is 1.53. The predicted octanol–water partition coefficient (Wildman–Crippen LogP) is 3.91. The van der Waals surface area contributed by atoms with Crippen molar-refractivity contribution in [2.75, 3.05) is 6.54 Å². The van der Waals surface area contributed by atoms with Crippen LogP contribution >= 0.6 is 0 Å². The number of likely N-dealkylation sites (tertiary alicyclic amines) is 1. The SMILES string of the molecule is CCCCN1C(=O)C(=O)/C(=C(\O)c2ccccc2)C1c1ccccc1. The van der Waals surface area contributed by atoms with E-state index >= 15 is 0 Å². The molecule has 0 bridgehead atoms. The first-order valence-corrected chi connectivity index (χ1v) is 8.54. The molecule has 1 N–H and O–H groups in total. The molecule has 0 aromatic heterocycles. The van der Waals surface area contributed by atoms with Gasteiger partial charge in [-0.15, -0.1) is 0 Å². The summed E-state index contributed by atoms with van der Waals surface area (Å²) in [6.45, 7) is 2.53. The van der Waals surface area contributed by atoms with Crippen molar-refractivity contribution >= 4 is 17.4 Å². The Balaban J connectivity index is 2.14. The van der Waals surface area contributed by atoms with E-state index in [1.807, 2.05) is 43.3 Å². The quantitative estimate of drug-likeness (QED) is 0.512. The second-order valence-electron chi connectivity index (χ2n) is 6.12. The number of ketones is 1. The monoisotopic (exact) mass is 335 g/mol. The molecule has 1 fully saturated rings. The lowest BCUT2D eigenvalue weighted by Gasteiger charge is -2.25. The van der Waals surface area contributed by atoms with E-state index in [4.69, 9.17) is 0 Å². The maximum absolute atomic E-state index is 12.7. The Morgan fingerprint density at radius 3 is 2.20 bits per heavy atom. The van der Waals surface area contributed by atoms with Crippen molar-refractivity contribution in [2.45, 2.75) is 25.8 Å². The second-order valence-corrected chi connectivity index (χ2v) is 6.12. The van der Waals surface area contributed by atoms with Gasteiger partial charge in [0.1, 0.15) is 5.76 Å². The zero-order valence-corrected chi connectivity index (χ0v) is 14.2. The number of aliphatic hydroxyl groups is 1. The minimum absolute atomic E-state index is 0.119. The van der Waals surface area contributed by atoms with Crippen molar-refractivity contribution in [3.63, 3.8) is 0 Å². The lowest BCUT2D eigenvalue weighted by atomic mass is 9.95. The van der Waals surface area contributed by atoms with Gasteiger partial charge in [0.15, 0.2) is 0 Å². The number of benzene rings is 2. The molecule has 25 heavy (non-hydrogen) atoms. The molecule has 1 aliphatic rings. The molecule has 1 amide bonds. The molecular weight excluding hydrogens is 314 g/mol. The smallest absolute Gasteiger partial charge is 0.295 e. The van der Waals surface area contributed by atoms with Crippen LogP contribution in [0.1, 0.15) is 36.9 Å². The fourth-order valence-corrected chi connectivity index (χ4v) is 3.17. The Bertz CT molecular complexity index is 796. The van der Waals surface area contributed by atoms with E-state index in [9.17, 15) is 14.7 Å². The number of nitrogens with zero attached hydrogens (tertiary/aromatic N) is 1. The van der Waals surface area contributed by atoms with Crippen LogP contribution in [-0.2, 0) is 9.59 Å². The standard InChI is InChI=1S/C21H21NO3/c1-2-3-14-22-18(15-10-6-4-7-11-15)17(20(24)21(22)25)19(23)16-12-8-5-9-13-16/h4-13,18,23H,2-3,14H2,1H3/b19-17-. The van der Waals surface area contributed by atoms with Gasteiger partial charge in [0, 0.05) is 12.1 Å². The van der Waals surface area contributed by atoms with Crippen LogP contribution in [0.25, 0.3) is 5.76 Å². The largest absolute Gasteiger partial charge is 0.507 e. The first-order chi connectivity index (χ1) is 12.1. The van der Waals surface area contributed by atoms with E-state index in [-0.39, 0.29) is 11.3 Å². The predicted molar refractivity (Wildman–Crippen MR) is 96.8 cm³/mol. The maximum Gasteiger partial charge on any atom is 0.295 e. The molecule has 3 rings (SSSR count). The minimum atomic E-state index is -0.619. The lowest BCUT2D eigenvalue weighted by molar-refractivity contribution is -0.139. The molecule has 1 atom stereocenters. The van der Waals surface area contributed by atoms with Gasteiger partial charge in [-0.05, 0) is 12.0 Å². The Morgan fingerprint density at radius 1 is 1.00 bits per heavy atom. The number of carbonyl (C=O) groups is 2. The van der Waals surface area contributed by atoms with Crippen LogP contribution in [0, 0.1) is 0 Å². The molecular formula is C21H21NO3. The van der Waals surface area contributed by atoms with Crippen LogP contribution in [0.2, 0.25) is 0 Å². The zero-order valence-electron chi connectivity index (χ0n) is 14.2. The number of aliphatic hydroxyl groups excluding tert-OH is 1. The van der Waals surface area contributed by atoms with Gasteiger partial charge in [-0.25, -0.2) is 0 Å². The fourth-order valence-electron chi connectivity index (χ4n) is 3.17. The minimum Gasteiger partial charge on any atom is -0.507 e. The molecule has 4 nitrogen and oxygen atoms in total. The molecule has 1 aliphatic heterocycles. The lowest BCUT2D eigenvalue weighted by Crippen LogP contribution is -2.30. The molecule has 0 radical (unpaired) electrons. The Labute approximate surface area is 147 Å². The summed E-state index contributed by atoms with van der Waals surface area (Å²) in [7, 11) is 0. The van der Waals surface area contributed by atoms with E-state index in [1.54, 1.807) is 29.2 Å². The van der Waals surface area contributed by atoms with Crippen molar-refractivity contribution in [3.05, 3.63) is 77.4 Å². The molecule has 1 unspecified atom stereocenters. The molecule has 0 spiro atoms. The molecule has 1 heterocycles. The van der Waals surface area contributed by atoms with E-state index in [2.05, 4.69) is 0 Å². The van der Waals surface area contributed by atoms with Gasteiger partial charge in [-0.2, -0.15) is 0 Å². The molecule has 1 saturated heterocycles. The first kappa shape index (κ1) is 17.0. The van der Waals surface area contributed by atoms with Crippen molar-refractivity contribution in [1.29, 1.82) is 0 Å². The van der Waals surface area contributed by atoms with Gasteiger partial charge in [-0.1, -0.05) is 74.0 Å². The van der Waals surface area contributed by atoms with E-state index in [0.29, 0.717) is 12.1 Å². The molecule has 4 heteroatoms. The number of hydrogen-bond donors (Lipinski definition) is 1. The third-order valence-corrected chi connectivity index (χ3v) is 4.46. The van der Waals surface area contributed by atoms with Crippen LogP contribution < -0.4 is 0 Å². The highest BCUT2D eigenvalue weighted by Crippen LogP contribution is 2.39. The van der Waals surface area contributed by atoms with Crippen molar-refractivity contribution in [3.8, 4) is 0 Å². The third kappa shape index (κ3) is 3.20. The molecule has 128 valence electrons. The molecule has 0 saturated carbocycles. The van der Waals surface area contributed by atoms with E-state index < -0.39 is 17.7 Å². The van der Waals surface area contributed by atoms with Gasteiger partial charge in [-0.3, -0.25) is 9.59 Å². The summed E-state index contributed by atoms with van der Waals surface area (Å²) in [6.07, 6.45) is 1.73. The van der Waals surface area contributed by atoms with Gasteiger partial charge in [0.25, 0.3) is 11.7 Å². The Morgan fingerprint density at radius 2 is 1.60 bits per heavy atom. The summed E-state index contributed by atoms with van der Waals surface area (Å²) >= 11 is 0. The summed E-state index contributed by atoms with van der Waals surface area (Å²) < 4.78 is 0. The van der Waals surface area contributed by atoms with Gasteiger partial charge < -0.3 is 10.0 Å². The number of carbonyl (C=O) groups excluding carboxylic acids is 2. The molecule has 2 aromatic carbocycles. The number of rotatable bonds is 5. The maximum atomic E-state index is 12.7. The number of Topliss-reactive ketones (excluding diaryl/α,β-unsaturated/α-hetero) is 1. The normalized spacial score (nSPS) is 19.4. The average molecular weight is 335 g/mol. The summed E-state index contributed by atoms with van der Waals surface area (Å²) in [6, 6.07) is 17.7. The summed E-state index contributed by atoms with van der Waals surface area (Å²) in [5.74, 6) is -1.28. The zero-order chi connectivity index (χ0) is 17.8. The molecule has 2 aromatic rings. The highest BCUT2D eigenvalue weighted by Gasteiger charge is 2.45. The Hall–Kier alpha value is -2.88. The van der Waals surface area contributed by atoms with Crippen molar-refractivity contribution in [2.24, 2.45) is 0 Å².